The number of carboxylic acids is 2. The molecule has 1 rings (SSSR count). The van der Waals surface area contributed by atoms with Gasteiger partial charge in [0.1, 0.15) is 5.75 Å². The first-order valence-electron chi connectivity index (χ1n) is 5.31. The van der Waals surface area contributed by atoms with Gasteiger partial charge in [0, 0.05) is 26.9 Å². The van der Waals surface area contributed by atoms with Crippen LogP contribution in [0.5, 0.6) is 5.75 Å². The molecule has 110 valence electrons. The second-order valence-corrected chi connectivity index (χ2v) is 2.95. The highest BCUT2D eigenvalue weighted by molar-refractivity contribution is 5.63. The Bertz CT molecular complexity index is 295. The lowest BCUT2D eigenvalue weighted by molar-refractivity contribution is -0.135. The van der Waals surface area contributed by atoms with Gasteiger partial charge in [0.15, 0.2) is 0 Å². The van der Waals surface area contributed by atoms with E-state index in [4.69, 9.17) is 36.4 Å². The van der Waals surface area contributed by atoms with Gasteiger partial charge in [-0.1, -0.05) is 18.2 Å². The summed E-state index contributed by atoms with van der Waals surface area (Å²) < 4.78 is 0. The number of benzene rings is 1. The average molecular weight is 274 g/mol. The van der Waals surface area contributed by atoms with E-state index >= 15 is 0 Å². The molecule has 0 aliphatic heterocycles. The second kappa shape index (κ2) is 18.3. The molecule has 19 heavy (non-hydrogen) atoms. The van der Waals surface area contributed by atoms with E-state index in [2.05, 4.69) is 0 Å². The minimum absolute atomic E-state index is 0.322. The van der Waals surface area contributed by atoms with Crippen molar-refractivity contribution >= 4 is 11.9 Å². The van der Waals surface area contributed by atoms with Crippen molar-refractivity contribution in [3.8, 4) is 5.75 Å². The maximum Gasteiger partial charge on any atom is 0.300 e. The Morgan fingerprint density at radius 3 is 1.32 bits per heavy atom. The zero-order valence-electron chi connectivity index (χ0n) is 11.1. The van der Waals surface area contributed by atoms with Crippen LogP contribution in [-0.4, -0.2) is 40.3 Å². The monoisotopic (exact) mass is 274 g/mol. The summed E-state index contributed by atoms with van der Waals surface area (Å²) in [5.41, 5.74) is 9.81. The van der Waals surface area contributed by atoms with Gasteiger partial charge in [0.2, 0.25) is 0 Å². The highest BCUT2D eigenvalue weighted by Crippen LogP contribution is 2.02. The Hall–Kier alpha value is -2.12. The third kappa shape index (κ3) is 64.6. The van der Waals surface area contributed by atoms with Crippen molar-refractivity contribution in [1.29, 1.82) is 0 Å². The van der Waals surface area contributed by atoms with E-state index in [-0.39, 0.29) is 0 Å². The van der Waals surface area contributed by atoms with Crippen LogP contribution in [0.3, 0.4) is 0 Å². The van der Waals surface area contributed by atoms with Crippen molar-refractivity contribution < 1.29 is 24.9 Å². The smallest absolute Gasteiger partial charge is 0.300 e. The van der Waals surface area contributed by atoms with Gasteiger partial charge in [-0.25, -0.2) is 0 Å². The van der Waals surface area contributed by atoms with Crippen LogP contribution in [0.2, 0.25) is 0 Å². The molecule has 0 saturated heterocycles. The molecule has 0 aliphatic rings. The Balaban J connectivity index is -0.000000189. The Morgan fingerprint density at radius 2 is 1.21 bits per heavy atom. The first-order chi connectivity index (χ1) is 8.77. The average Bonchev–Trinajstić information content (AvgIpc) is 2.29. The molecule has 7 nitrogen and oxygen atoms in total. The highest BCUT2D eigenvalue weighted by atomic mass is 16.4. The molecule has 1 aromatic carbocycles. The number of nitrogens with two attached hydrogens (primary N) is 2. The predicted molar refractivity (Wildman–Crippen MR) is 72.8 cm³/mol. The predicted octanol–water partition coefficient (Wildman–Crippen LogP) is 0.478. The Labute approximate surface area is 112 Å². The van der Waals surface area contributed by atoms with E-state index in [1.807, 2.05) is 6.07 Å². The number of aromatic hydroxyl groups is 1. The number of phenolic OH excluding ortho intramolecular Hbond substituents is 1. The Kier molecular flexibility index (Phi) is 21.2. The van der Waals surface area contributed by atoms with E-state index in [0.717, 1.165) is 13.8 Å². The van der Waals surface area contributed by atoms with Crippen molar-refractivity contribution in [2.24, 2.45) is 11.5 Å². The number of rotatable bonds is 1. The maximum absolute atomic E-state index is 9.00. The summed E-state index contributed by atoms with van der Waals surface area (Å²) in [6.45, 7) is 3.36. The summed E-state index contributed by atoms with van der Waals surface area (Å²) in [5.74, 6) is -1.34. The lowest BCUT2D eigenvalue weighted by Crippen LogP contribution is -2.11. The molecule has 0 fully saturated rings. The minimum Gasteiger partial charge on any atom is -0.508 e. The van der Waals surface area contributed by atoms with E-state index in [9.17, 15) is 0 Å². The first kappa shape index (κ1) is 22.1. The quantitative estimate of drug-likeness (QED) is 0.500. The first-order valence-corrected chi connectivity index (χ1v) is 5.31. The summed E-state index contributed by atoms with van der Waals surface area (Å²) in [6.07, 6.45) is 0. The van der Waals surface area contributed by atoms with Crippen molar-refractivity contribution in [3.05, 3.63) is 30.3 Å². The summed E-state index contributed by atoms with van der Waals surface area (Å²) in [5, 5.41) is 23.5. The van der Waals surface area contributed by atoms with Crippen LogP contribution in [0, 0.1) is 0 Å². The van der Waals surface area contributed by atoms with Gasteiger partial charge in [-0.05, 0) is 12.1 Å². The van der Waals surface area contributed by atoms with Gasteiger partial charge in [0.25, 0.3) is 11.9 Å². The SMILES string of the molecule is CC(=O)O.CC(=O)O.NCCN.Oc1ccccc1. The third-order valence-electron chi connectivity index (χ3n) is 0.923. The van der Waals surface area contributed by atoms with E-state index in [0.29, 0.717) is 18.8 Å². The molecule has 1 aromatic rings. The van der Waals surface area contributed by atoms with Gasteiger partial charge in [-0.15, -0.1) is 0 Å². The lowest BCUT2D eigenvalue weighted by Gasteiger charge is -1.82. The molecule has 7 N–H and O–H groups in total. The fourth-order valence-corrected chi connectivity index (χ4v) is 0.428. The number of para-hydroxylation sites is 1. The number of hydrogen-bond donors (Lipinski definition) is 5. The topological polar surface area (TPSA) is 147 Å². The molecule has 0 aromatic heterocycles. The number of aliphatic carboxylic acids is 2. The molecule has 0 saturated carbocycles. The van der Waals surface area contributed by atoms with E-state index < -0.39 is 11.9 Å². The standard InChI is InChI=1S/C6H6O.C2H8N2.2C2H4O2/c7-6-4-2-1-3-5-6;3-1-2-4;2*1-2(3)4/h1-5,7H;1-4H2;2*1H3,(H,3,4). The van der Waals surface area contributed by atoms with Gasteiger partial charge < -0.3 is 26.8 Å². The molecule has 0 heterocycles. The highest BCUT2D eigenvalue weighted by Gasteiger charge is 1.74. The summed E-state index contributed by atoms with van der Waals surface area (Å²) in [6, 6.07) is 8.71. The fraction of sp³-hybridized carbons (Fsp3) is 0.333. The van der Waals surface area contributed by atoms with E-state index in [1.54, 1.807) is 24.3 Å². The molecular weight excluding hydrogens is 252 g/mol. The summed E-state index contributed by atoms with van der Waals surface area (Å²) in [7, 11) is 0. The molecule has 0 unspecified atom stereocenters. The van der Waals surface area contributed by atoms with Crippen molar-refractivity contribution in [2.75, 3.05) is 13.1 Å². The molecule has 0 amide bonds. The van der Waals surface area contributed by atoms with Gasteiger partial charge in [-0.2, -0.15) is 0 Å². The molecule has 7 heteroatoms. The largest absolute Gasteiger partial charge is 0.508 e. The molecular formula is C12H22N2O5. The van der Waals surface area contributed by atoms with Gasteiger partial charge in [-0.3, -0.25) is 9.59 Å². The second-order valence-electron chi connectivity index (χ2n) is 2.95. The Morgan fingerprint density at radius 1 is 0.947 bits per heavy atom. The molecule has 0 atom stereocenters. The normalized spacial score (nSPS) is 7.37. The summed E-state index contributed by atoms with van der Waals surface area (Å²) >= 11 is 0. The number of hydrogen-bond acceptors (Lipinski definition) is 5. The van der Waals surface area contributed by atoms with Crippen molar-refractivity contribution in [1.82, 2.24) is 0 Å². The van der Waals surface area contributed by atoms with Crippen LogP contribution in [0.4, 0.5) is 0 Å². The number of carboxylic acid groups (broad SMARTS) is 2. The van der Waals surface area contributed by atoms with Gasteiger partial charge in [0.05, 0.1) is 0 Å². The van der Waals surface area contributed by atoms with Crippen LogP contribution in [0.15, 0.2) is 30.3 Å². The van der Waals surface area contributed by atoms with Crippen molar-refractivity contribution in [2.45, 2.75) is 13.8 Å². The molecule has 0 radical (unpaired) electrons. The van der Waals surface area contributed by atoms with Crippen LogP contribution in [0.25, 0.3) is 0 Å². The molecule has 0 bridgehead atoms. The molecule has 0 spiro atoms. The van der Waals surface area contributed by atoms with Crippen molar-refractivity contribution in [3.63, 3.8) is 0 Å². The van der Waals surface area contributed by atoms with Gasteiger partial charge >= 0.3 is 0 Å². The zero-order valence-corrected chi connectivity index (χ0v) is 11.1. The molecule has 0 aliphatic carbocycles. The summed E-state index contributed by atoms with van der Waals surface area (Å²) in [4.78, 5) is 18.0. The maximum atomic E-state index is 9.00. The number of carbonyl (C=O) groups is 2. The number of phenols is 1. The minimum atomic E-state index is -0.833. The fourth-order valence-electron chi connectivity index (χ4n) is 0.428. The van der Waals surface area contributed by atoms with Crippen LogP contribution in [0.1, 0.15) is 13.8 Å². The van der Waals surface area contributed by atoms with Crippen LogP contribution >= 0.6 is 0 Å². The lowest BCUT2D eigenvalue weighted by atomic mass is 10.3. The third-order valence-corrected chi connectivity index (χ3v) is 0.923. The van der Waals surface area contributed by atoms with E-state index in [1.165, 1.54) is 0 Å². The van der Waals surface area contributed by atoms with Crippen LogP contribution < -0.4 is 11.5 Å². The zero-order chi connectivity index (χ0) is 15.7. The van der Waals surface area contributed by atoms with Crippen LogP contribution in [-0.2, 0) is 9.59 Å².